The minimum Gasteiger partial charge on any atom is -0.352 e. The lowest BCUT2D eigenvalue weighted by Crippen LogP contribution is -2.60. The first-order chi connectivity index (χ1) is 10.0. The molecular formula is C18H26N2O. The second-order valence-electron chi connectivity index (χ2n) is 7.21. The topological polar surface area (TPSA) is 41.1 Å². The van der Waals surface area contributed by atoms with Gasteiger partial charge in [-0.25, -0.2) is 0 Å². The summed E-state index contributed by atoms with van der Waals surface area (Å²) in [6.45, 7) is 5.05. The average Bonchev–Trinajstić information content (AvgIpc) is 2.47. The predicted octanol–water partition coefficient (Wildman–Crippen LogP) is 2.76. The van der Waals surface area contributed by atoms with Crippen molar-refractivity contribution in [2.45, 2.75) is 62.9 Å². The van der Waals surface area contributed by atoms with Crippen LogP contribution in [0, 0.1) is 0 Å². The van der Waals surface area contributed by atoms with Gasteiger partial charge in [0.1, 0.15) is 0 Å². The van der Waals surface area contributed by atoms with Crippen molar-refractivity contribution in [1.29, 1.82) is 0 Å². The highest BCUT2D eigenvalue weighted by molar-refractivity contribution is 5.87. The summed E-state index contributed by atoms with van der Waals surface area (Å²) in [4.78, 5) is 12.7. The van der Waals surface area contributed by atoms with Gasteiger partial charge in [-0.3, -0.25) is 4.79 Å². The van der Waals surface area contributed by atoms with Gasteiger partial charge in [0.05, 0.1) is 5.41 Å². The molecule has 0 bridgehead atoms. The Kier molecular flexibility index (Phi) is 3.78. The van der Waals surface area contributed by atoms with Gasteiger partial charge in [0.15, 0.2) is 0 Å². The van der Waals surface area contributed by atoms with Gasteiger partial charge >= 0.3 is 0 Å². The fourth-order valence-electron chi connectivity index (χ4n) is 3.62. The minimum absolute atomic E-state index is 0.148. The lowest BCUT2D eigenvalue weighted by molar-refractivity contribution is -0.126. The lowest BCUT2D eigenvalue weighted by Gasteiger charge is -2.48. The molecular weight excluding hydrogens is 260 g/mol. The van der Waals surface area contributed by atoms with Gasteiger partial charge in [-0.05, 0) is 58.1 Å². The molecule has 3 heteroatoms. The Morgan fingerprint density at radius 1 is 1.29 bits per heavy atom. The van der Waals surface area contributed by atoms with E-state index in [2.05, 4.69) is 10.6 Å². The molecule has 1 aromatic rings. The first-order valence-electron chi connectivity index (χ1n) is 8.13. The molecule has 21 heavy (non-hydrogen) atoms. The number of hydrogen-bond acceptors (Lipinski definition) is 2. The standard InChI is InChI=1S/C18H26N2O/c1-17(2,14-7-4-3-5-8-14)16(21)20-15-9-12-19-18(13-15)10-6-11-18/h3-5,7-8,15,19H,6,9-13H2,1-2H3,(H,20,21). The number of carbonyl (C=O) groups excluding carboxylic acids is 1. The van der Waals surface area contributed by atoms with Crippen LogP contribution in [-0.2, 0) is 10.2 Å². The molecule has 1 aliphatic heterocycles. The molecule has 0 radical (unpaired) electrons. The van der Waals surface area contributed by atoms with Gasteiger partial charge in [-0.15, -0.1) is 0 Å². The third-order valence-corrected chi connectivity index (χ3v) is 5.34. The van der Waals surface area contributed by atoms with Crippen LogP contribution in [0.15, 0.2) is 30.3 Å². The zero-order valence-corrected chi connectivity index (χ0v) is 13.1. The van der Waals surface area contributed by atoms with E-state index in [9.17, 15) is 4.79 Å². The third-order valence-electron chi connectivity index (χ3n) is 5.34. The van der Waals surface area contributed by atoms with Crippen LogP contribution in [0.1, 0.15) is 51.5 Å². The van der Waals surface area contributed by atoms with Gasteiger partial charge in [0, 0.05) is 11.6 Å². The molecule has 3 rings (SSSR count). The number of rotatable bonds is 3. The van der Waals surface area contributed by atoms with E-state index in [-0.39, 0.29) is 5.91 Å². The summed E-state index contributed by atoms with van der Waals surface area (Å²) >= 11 is 0. The monoisotopic (exact) mass is 286 g/mol. The quantitative estimate of drug-likeness (QED) is 0.897. The molecule has 2 fully saturated rings. The molecule has 2 aliphatic rings. The van der Waals surface area contributed by atoms with Crippen molar-refractivity contribution >= 4 is 5.91 Å². The molecule has 1 atom stereocenters. The fraction of sp³-hybridized carbons (Fsp3) is 0.611. The minimum atomic E-state index is -0.473. The van der Waals surface area contributed by atoms with Crippen LogP contribution < -0.4 is 10.6 Å². The van der Waals surface area contributed by atoms with Gasteiger partial charge in [0.2, 0.25) is 5.91 Å². The highest BCUT2D eigenvalue weighted by Crippen LogP contribution is 2.38. The van der Waals surface area contributed by atoms with Crippen LogP contribution in [0.3, 0.4) is 0 Å². The Labute approximate surface area is 127 Å². The first kappa shape index (κ1) is 14.6. The molecule has 0 aromatic heterocycles. The van der Waals surface area contributed by atoms with E-state index >= 15 is 0 Å². The van der Waals surface area contributed by atoms with Crippen LogP contribution >= 0.6 is 0 Å². The van der Waals surface area contributed by atoms with Crippen molar-refractivity contribution in [2.24, 2.45) is 0 Å². The number of carbonyl (C=O) groups is 1. The summed E-state index contributed by atoms with van der Waals surface area (Å²) < 4.78 is 0. The Bertz CT molecular complexity index is 505. The van der Waals surface area contributed by atoms with E-state index in [1.807, 2.05) is 44.2 Å². The van der Waals surface area contributed by atoms with Crippen LogP contribution in [0.5, 0.6) is 0 Å². The van der Waals surface area contributed by atoms with Gasteiger partial charge in [-0.2, -0.15) is 0 Å². The van der Waals surface area contributed by atoms with Crippen molar-refractivity contribution in [3.63, 3.8) is 0 Å². The molecule has 3 nitrogen and oxygen atoms in total. The van der Waals surface area contributed by atoms with Crippen LogP contribution in [0.25, 0.3) is 0 Å². The Balaban J connectivity index is 1.65. The SMILES string of the molecule is CC(C)(C(=O)NC1CCNC2(CCC2)C1)c1ccccc1. The van der Waals surface area contributed by atoms with Crippen LogP contribution in [0.4, 0.5) is 0 Å². The van der Waals surface area contributed by atoms with E-state index in [0.717, 1.165) is 24.9 Å². The van der Waals surface area contributed by atoms with E-state index in [1.54, 1.807) is 0 Å². The number of amides is 1. The number of piperidine rings is 1. The van der Waals surface area contributed by atoms with E-state index < -0.39 is 5.41 Å². The largest absolute Gasteiger partial charge is 0.352 e. The molecule has 1 saturated heterocycles. The van der Waals surface area contributed by atoms with E-state index in [4.69, 9.17) is 0 Å². The number of nitrogens with one attached hydrogen (secondary N) is 2. The predicted molar refractivity (Wildman–Crippen MR) is 85.2 cm³/mol. The van der Waals surface area contributed by atoms with Crippen molar-refractivity contribution in [1.82, 2.24) is 10.6 Å². The molecule has 1 spiro atoms. The summed E-state index contributed by atoms with van der Waals surface area (Å²) in [5.41, 5.74) is 0.932. The highest BCUT2D eigenvalue weighted by atomic mass is 16.2. The Hall–Kier alpha value is -1.35. The Morgan fingerprint density at radius 3 is 2.62 bits per heavy atom. The van der Waals surface area contributed by atoms with Crippen molar-refractivity contribution in [3.05, 3.63) is 35.9 Å². The normalized spacial score (nSPS) is 24.4. The van der Waals surface area contributed by atoms with Crippen molar-refractivity contribution in [3.8, 4) is 0 Å². The average molecular weight is 286 g/mol. The summed E-state index contributed by atoms with van der Waals surface area (Å²) in [5.74, 6) is 0.148. The van der Waals surface area contributed by atoms with E-state index in [1.165, 1.54) is 19.3 Å². The number of benzene rings is 1. The third kappa shape index (κ3) is 2.84. The highest BCUT2D eigenvalue weighted by Gasteiger charge is 2.42. The lowest BCUT2D eigenvalue weighted by atomic mass is 9.70. The zero-order valence-electron chi connectivity index (χ0n) is 13.1. The van der Waals surface area contributed by atoms with Crippen LogP contribution in [0.2, 0.25) is 0 Å². The molecule has 1 aromatic carbocycles. The fourth-order valence-corrected chi connectivity index (χ4v) is 3.62. The maximum Gasteiger partial charge on any atom is 0.230 e. The van der Waals surface area contributed by atoms with Crippen molar-refractivity contribution in [2.75, 3.05) is 6.54 Å². The maximum absolute atomic E-state index is 12.7. The van der Waals surface area contributed by atoms with E-state index in [0.29, 0.717) is 11.6 Å². The molecule has 2 N–H and O–H groups in total. The smallest absolute Gasteiger partial charge is 0.230 e. The van der Waals surface area contributed by atoms with Gasteiger partial charge < -0.3 is 10.6 Å². The molecule has 1 saturated carbocycles. The molecule has 1 aliphatic carbocycles. The molecule has 114 valence electrons. The first-order valence-corrected chi connectivity index (χ1v) is 8.13. The molecule has 1 heterocycles. The second kappa shape index (κ2) is 5.45. The summed E-state index contributed by atoms with van der Waals surface area (Å²) in [6, 6.07) is 10.4. The van der Waals surface area contributed by atoms with Gasteiger partial charge in [-0.1, -0.05) is 30.3 Å². The zero-order chi connectivity index (χ0) is 14.9. The summed E-state index contributed by atoms with van der Waals surface area (Å²) in [6.07, 6.45) is 5.98. The Morgan fingerprint density at radius 2 is 2.00 bits per heavy atom. The molecule has 1 amide bonds. The number of hydrogen-bond donors (Lipinski definition) is 2. The second-order valence-corrected chi connectivity index (χ2v) is 7.21. The van der Waals surface area contributed by atoms with Gasteiger partial charge in [0.25, 0.3) is 0 Å². The van der Waals surface area contributed by atoms with Crippen molar-refractivity contribution < 1.29 is 4.79 Å². The van der Waals surface area contributed by atoms with Crippen LogP contribution in [-0.4, -0.2) is 24.0 Å². The summed E-state index contributed by atoms with van der Waals surface area (Å²) in [7, 11) is 0. The maximum atomic E-state index is 12.7. The molecule has 1 unspecified atom stereocenters. The summed E-state index contributed by atoms with van der Waals surface area (Å²) in [5, 5.41) is 6.96.